The van der Waals surface area contributed by atoms with Gasteiger partial charge in [-0.2, -0.15) is 0 Å². The number of aromatic nitrogens is 2. The number of pyridine rings is 1. The van der Waals surface area contributed by atoms with Crippen LogP contribution in [0, 0.1) is 5.92 Å². The lowest BCUT2D eigenvalue weighted by atomic mass is 10.4. The Balaban J connectivity index is 1.70. The largest absolute Gasteiger partial charge is 0.338 e. The van der Waals surface area contributed by atoms with Crippen LogP contribution in [0.3, 0.4) is 0 Å². The first kappa shape index (κ1) is 10.1. The van der Waals surface area contributed by atoms with Crippen molar-refractivity contribution in [2.45, 2.75) is 12.8 Å². The van der Waals surface area contributed by atoms with Gasteiger partial charge in [-0.1, -0.05) is 6.07 Å². The third-order valence-corrected chi connectivity index (χ3v) is 2.92. The number of amides is 2. The highest BCUT2D eigenvalue weighted by atomic mass is 16.2. The van der Waals surface area contributed by atoms with Gasteiger partial charge in [0.05, 0.1) is 0 Å². The topological polar surface area (TPSA) is 58.4 Å². The van der Waals surface area contributed by atoms with Crippen molar-refractivity contribution >= 4 is 17.5 Å². The zero-order chi connectivity index (χ0) is 11.7. The van der Waals surface area contributed by atoms with Crippen LogP contribution in [0.1, 0.15) is 12.8 Å². The quantitative estimate of drug-likeness (QED) is 0.845. The highest BCUT2D eigenvalue weighted by Gasteiger charge is 2.21. The lowest BCUT2D eigenvalue weighted by molar-refractivity contribution is 0.251. The van der Waals surface area contributed by atoms with Crippen molar-refractivity contribution in [3.8, 4) is 0 Å². The first-order valence-corrected chi connectivity index (χ1v) is 5.80. The number of hydrogen-bond donors (Lipinski definition) is 2. The van der Waals surface area contributed by atoms with Crippen molar-refractivity contribution in [1.29, 1.82) is 0 Å². The second-order valence-corrected chi connectivity index (χ2v) is 4.34. The summed E-state index contributed by atoms with van der Waals surface area (Å²) >= 11 is 0. The molecule has 3 rings (SSSR count). The van der Waals surface area contributed by atoms with Crippen molar-refractivity contribution in [3.05, 3.63) is 30.6 Å². The Kier molecular flexibility index (Phi) is 2.44. The standard InChI is InChI=1S/C12H14N4O/c17-12(14-8-9-4-5-9)15-11-3-1-2-10-13-6-7-16(10)11/h1-3,6-7,9H,4-5,8H2,(H2,14,15,17). The predicted octanol–water partition coefficient (Wildman–Crippen LogP) is 1.87. The van der Waals surface area contributed by atoms with Gasteiger partial charge in [-0.3, -0.25) is 9.72 Å². The number of hydrogen-bond acceptors (Lipinski definition) is 2. The van der Waals surface area contributed by atoms with E-state index in [0.29, 0.717) is 5.92 Å². The highest BCUT2D eigenvalue weighted by Crippen LogP contribution is 2.27. The number of urea groups is 1. The molecule has 2 amide bonds. The number of carbonyl (C=O) groups excluding carboxylic acids is 1. The zero-order valence-electron chi connectivity index (χ0n) is 9.39. The maximum atomic E-state index is 11.7. The SMILES string of the molecule is O=C(NCC1CC1)Nc1cccc2nccn12. The minimum absolute atomic E-state index is 0.155. The van der Waals surface area contributed by atoms with Crippen LogP contribution in [-0.4, -0.2) is 22.0 Å². The summed E-state index contributed by atoms with van der Waals surface area (Å²) in [5.41, 5.74) is 0.824. The molecule has 1 aliphatic rings. The summed E-state index contributed by atoms with van der Waals surface area (Å²) in [6.45, 7) is 0.770. The molecule has 5 heteroatoms. The summed E-state index contributed by atoms with van der Waals surface area (Å²) in [6.07, 6.45) is 6.00. The fourth-order valence-corrected chi connectivity index (χ4v) is 1.77. The number of nitrogens with zero attached hydrogens (tertiary/aromatic N) is 2. The lowest BCUT2D eigenvalue weighted by Gasteiger charge is -2.08. The normalized spacial score (nSPS) is 14.8. The summed E-state index contributed by atoms with van der Waals surface area (Å²) in [5, 5.41) is 5.69. The van der Waals surface area contributed by atoms with E-state index in [1.807, 2.05) is 28.8 Å². The average Bonchev–Trinajstić information content (AvgIpc) is 3.03. The maximum absolute atomic E-state index is 11.7. The molecule has 0 saturated heterocycles. The predicted molar refractivity (Wildman–Crippen MR) is 64.9 cm³/mol. The molecule has 17 heavy (non-hydrogen) atoms. The number of rotatable bonds is 3. The van der Waals surface area contributed by atoms with Crippen LogP contribution >= 0.6 is 0 Å². The number of anilines is 1. The molecule has 2 aromatic heterocycles. The zero-order valence-corrected chi connectivity index (χ0v) is 9.39. The molecule has 2 aromatic rings. The molecule has 1 fully saturated rings. The van der Waals surface area contributed by atoms with Gasteiger partial charge in [-0.25, -0.2) is 9.78 Å². The molecule has 2 N–H and O–H groups in total. The molecule has 88 valence electrons. The van der Waals surface area contributed by atoms with Crippen LogP contribution in [0.4, 0.5) is 10.6 Å². The van der Waals surface area contributed by atoms with E-state index in [4.69, 9.17) is 0 Å². The highest BCUT2D eigenvalue weighted by molar-refractivity contribution is 5.88. The van der Waals surface area contributed by atoms with Crippen LogP contribution in [0.5, 0.6) is 0 Å². The van der Waals surface area contributed by atoms with Gasteiger partial charge in [0, 0.05) is 18.9 Å². The van der Waals surface area contributed by atoms with E-state index in [2.05, 4.69) is 15.6 Å². The molecular formula is C12H14N4O. The van der Waals surface area contributed by atoms with Gasteiger partial charge in [0.25, 0.3) is 0 Å². The molecule has 0 radical (unpaired) electrons. The average molecular weight is 230 g/mol. The fraction of sp³-hybridized carbons (Fsp3) is 0.333. The van der Waals surface area contributed by atoms with Gasteiger partial charge in [-0.05, 0) is 30.9 Å². The first-order valence-electron chi connectivity index (χ1n) is 5.80. The molecule has 5 nitrogen and oxygen atoms in total. The van der Waals surface area contributed by atoms with Crippen LogP contribution in [-0.2, 0) is 0 Å². The number of imidazole rings is 1. The second-order valence-electron chi connectivity index (χ2n) is 4.34. The van der Waals surface area contributed by atoms with Gasteiger partial charge in [0.1, 0.15) is 11.5 Å². The molecular weight excluding hydrogens is 216 g/mol. The van der Waals surface area contributed by atoms with E-state index in [1.54, 1.807) is 6.20 Å². The van der Waals surface area contributed by atoms with Crippen molar-refractivity contribution < 1.29 is 4.79 Å². The van der Waals surface area contributed by atoms with Crippen molar-refractivity contribution in [2.75, 3.05) is 11.9 Å². The van der Waals surface area contributed by atoms with Crippen LogP contribution in [0.25, 0.3) is 5.65 Å². The first-order chi connectivity index (χ1) is 8.33. The number of carbonyl (C=O) groups is 1. The number of fused-ring (bicyclic) bond motifs is 1. The van der Waals surface area contributed by atoms with E-state index in [9.17, 15) is 4.79 Å². The van der Waals surface area contributed by atoms with Gasteiger partial charge >= 0.3 is 6.03 Å². The molecule has 1 aliphatic carbocycles. The third kappa shape index (κ3) is 2.22. The fourth-order valence-electron chi connectivity index (χ4n) is 1.77. The summed E-state index contributed by atoms with van der Waals surface area (Å²) in [7, 11) is 0. The summed E-state index contributed by atoms with van der Waals surface area (Å²) < 4.78 is 1.84. The van der Waals surface area contributed by atoms with E-state index < -0.39 is 0 Å². The Morgan fingerprint density at radius 3 is 3.18 bits per heavy atom. The molecule has 0 aromatic carbocycles. The van der Waals surface area contributed by atoms with E-state index in [0.717, 1.165) is 18.0 Å². The van der Waals surface area contributed by atoms with Crippen LogP contribution in [0.2, 0.25) is 0 Å². The number of nitrogens with one attached hydrogen (secondary N) is 2. The third-order valence-electron chi connectivity index (χ3n) is 2.92. The molecule has 0 atom stereocenters. The summed E-state index contributed by atoms with van der Waals surface area (Å²) in [4.78, 5) is 15.8. The van der Waals surface area contributed by atoms with Gasteiger partial charge in [-0.15, -0.1) is 0 Å². The minimum atomic E-state index is -0.155. The van der Waals surface area contributed by atoms with Crippen molar-refractivity contribution in [2.24, 2.45) is 5.92 Å². The Morgan fingerprint density at radius 2 is 2.35 bits per heavy atom. The van der Waals surface area contributed by atoms with Crippen LogP contribution in [0.15, 0.2) is 30.6 Å². The Morgan fingerprint density at radius 1 is 1.47 bits per heavy atom. The van der Waals surface area contributed by atoms with Crippen LogP contribution < -0.4 is 10.6 Å². The molecule has 2 heterocycles. The Hall–Kier alpha value is -2.04. The smallest absolute Gasteiger partial charge is 0.320 e. The molecule has 0 aliphatic heterocycles. The Bertz CT molecular complexity index is 544. The van der Waals surface area contributed by atoms with Gasteiger partial charge in [0.15, 0.2) is 0 Å². The van der Waals surface area contributed by atoms with E-state index >= 15 is 0 Å². The molecule has 0 unspecified atom stereocenters. The van der Waals surface area contributed by atoms with E-state index in [-0.39, 0.29) is 6.03 Å². The van der Waals surface area contributed by atoms with E-state index in [1.165, 1.54) is 12.8 Å². The summed E-state index contributed by atoms with van der Waals surface area (Å²) in [5.74, 6) is 1.41. The second kappa shape index (κ2) is 4.08. The molecule has 0 spiro atoms. The lowest BCUT2D eigenvalue weighted by Crippen LogP contribution is -2.31. The Labute approximate surface area is 98.8 Å². The minimum Gasteiger partial charge on any atom is -0.338 e. The summed E-state index contributed by atoms with van der Waals surface area (Å²) in [6, 6.07) is 5.47. The van der Waals surface area contributed by atoms with Crippen molar-refractivity contribution in [1.82, 2.24) is 14.7 Å². The molecule has 0 bridgehead atoms. The maximum Gasteiger partial charge on any atom is 0.320 e. The van der Waals surface area contributed by atoms with Crippen molar-refractivity contribution in [3.63, 3.8) is 0 Å². The monoisotopic (exact) mass is 230 g/mol. The van der Waals surface area contributed by atoms with Gasteiger partial charge < -0.3 is 5.32 Å². The molecule has 1 saturated carbocycles. The van der Waals surface area contributed by atoms with Gasteiger partial charge in [0.2, 0.25) is 0 Å².